The van der Waals surface area contributed by atoms with Gasteiger partial charge in [0, 0.05) is 13.0 Å². The third kappa shape index (κ3) is 3.57. The van der Waals surface area contributed by atoms with Gasteiger partial charge in [-0.25, -0.2) is 23.2 Å². The molecule has 3 aromatic heterocycles. The summed E-state index contributed by atoms with van der Waals surface area (Å²) in [6.07, 6.45) is 3.38. The highest BCUT2D eigenvalue weighted by molar-refractivity contribution is 6.04. The first-order chi connectivity index (χ1) is 15.4. The summed E-state index contributed by atoms with van der Waals surface area (Å²) >= 11 is 0. The molecular weight excluding hydrogens is 422 g/mol. The van der Waals surface area contributed by atoms with Crippen LogP contribution in [0.5, 0.6) is 0 Å². The standard InChI is InChI=1S/C21H16F2N6O3/c1-28-21(31)32-20(27-28)16-9-15(11-5-6-11)26-29(16)17-8-7-12(10-24-17)25-19(30)18-13(22)3-2-4-14(18)23/h2-4,7-11H,5-6H2,1H3,(H,25,30). The Kier molecular flexibility index (Phi) is 4.65. The molecule has 0 spiro atoms. The number of halogens is 2. The summed E-state index contributed by atoms with van der Waals surface area (Å²) in [4.78, 5) is 28.3. The number of nitrogens with one attached hydrogen (secondary N) is 1. The lowest BCUT2D eigenvalue weighted by atomic mass is 10.2. The fourth-order valence-corrected chi connectivity index (χ4v) is 3.25. The maximum absolute atomic E-state index is 13.8. The van der Waals surface area contributed by atoms with Crippen molar-refractivity contribution in [3.05, 3.63) is 76.0 Å². The first-order valence-corrected chi connectivity index (χ1v) is 9.77. The average molecular weight is 438 g/mol. The topological polar surface area (TPSA) is 108 Å². The molecule has 32 heavy (non-hydrogen) atoms. The Morgan fingerprint density at radius 1 is 1.16 bits per heavy atom. The van der Waals surface area contributed by atoms with Gasteiger partial charge in [0.25, 0.3) is 11.8 Å². The Morgan fingerprint density at radius 3 is 2.50 bits per heavy atom. The number of rotatable bonds is 5. The van der Waals surface area contributed by atoms with E-state index in [4.69, 9.17) is 4.42 Å². The zero-order chi connectivity index (χ0) is 22.4. The van der Waals surface area contributed by atoms with E-state index in [0.29, 0.717) is 17.4 Å². The van der Waals surface area contributed by atoms with Crippen LogP contribution < -0.4 is 11.1 Å². The lowest BCUT2D eigenvalue weighted by Gasteiger charge is -2.08. The summed E-state index contributed by atoms with van der Waals surface area (Å²) < 4.78 is 35.4. The van der Waals surface area contributed by atoms with Gasteiger partial charge in [0.05, 0.1) is 17.6 Å². The number of amides is 1. The maximum atomic E-state index is 13.8. The highest BCUT2D eigenvalue weighted by Gasteiger charge is 2.29. The molecule has 4 aromatic rings. The number of hydrogen-bond donors (Lipinski definition) is 1. The van der Waals surface area contributed by atoms with Gasteiger partial charge in [-0.05, 0) is 43.2 Å². The van der Waals surface area contributed by atoms with Crippen LogP contribution >= 0.6 is 0 Å². The monoisotopic (exact) mass is 438 g/mol. The highest BCUT2D eigenvalue weighted by Crippen LogP contribution is 2.40. The molecule has 1 N–H and O–H groups in total. The van der Waals surface area contributed by atoms with Crippen LogP contribution in [0.15, 0.2) is 51.8 Å². The molecule has 1 aromatic carbocycles. The number of hydrogen-bond acceptors (Lipinski definition) is 6. The fourth-order valence-electron chi connectivity index (χ4n) is 3.25. The van der Waals surface area contributed by atoms with Gasteiger partial charge in [-0.1, -0.05) is 6.07 Å². The van der Waals surface area contributed by atoms with E-state index in [0.717, 1.165) is 35.4 Å². The molecule has 0 radical (unpaired) electrons. The summed E-state index contributed by atoms with van der Waals surface area (Å²) in [5.74, 6) is -2.63. The van der Waals surface area contributed by atoms with Crippen molar-refractivity contribution in [1.29, 1.82) is 0 Å². The van der Waals surface area contributed by atoms with Gasteiger partial charge in [-0.15, -0.1) is 5.10 Å². The second-order valence-corrected chi connectivity index (χ2v) is 7.39. The summed E-state index contributed by atoms with van der Waals surface area (Å²) in [6, 6.07) is 8.09. The maximum Gasteiger partial charge on any atom is 0.437 e. The van der Waals surface area contributed by atoms with Gasteiger partial charge in [0.1, 0.15) is 22.9 Å². The summed E-state index contributed by atoms with van der Waals surface area (Å²) in [7, 11) is 1.48. The summed E-state index contributed by atoms with van der Waals surface area (Å²) in [5.41, 5.74) is 0.858. The Balaban J connectivity index is 1.45. The van der Waals surface area contributed by atoms with Gasteiger partial charge in [0.2, 0.25) is 0 Å². The van der Waals surface area contributed by atoms with Crippen LogP contribution in [-0.2, 0) is 7.05 Å². The van der Waals surface area contributed by atoms with Crippen molar-refractivity contribution in [2.24, 2.45) is 7.05 Å². The molecule has 1 aliphatic carbocycles. The SMILES string of the molecule is Cn1nc(-c2cc(C3CC3)nn2-c2ccc(NC(=O)c3c(F)cccc3F)cn2)oc1=O. The van der Waals surface area contributed by atoms with E-state index >= 15 is 0 Å². The quantitative estimate of drug-likeness (QED) is 0.513. The number of benzene rings is 1. The Hall–Kier alpha value is -4.15. The van der Waals surface area contributed by atoms with E-state index in [-0.39, 0.29) is 11.6 Å². The van der Waals surface area contributed by atoms with Gasteiger partial charge < -0.3 is 9.73 Å². The number of nitrogens with zero attached hydrogens (tertiary/aromatic N) is 5. The number of carbonyl (C=O) groups is 1. The smallest absolute Gasteiger partial charge is 0.386 e. The zero-order valence-electron chi connectivity index (χ0n) is 16.7. The first kappa shape index (κ1) is 19.8. The van der Waals surface area contributed by atoms with Crippen molar-refractivity contribution in [2.45, 2.75) is 18.8 Å². The molecule has 0 unspecified atom stereocenters. The lowest BCUT2D eigenvalue weighted by Crippen LogP contribution is -2.16. The number of carbonyl (C=O) groups excluding carboxylic acids is 1. The molecule has 1 saturated carbocycles. The van der Waals surface area contributed by atoms with E-state index in [1.54, 1.807) is 12.1 Å². The van der Waals surface area contributed by atoms with Crippen LogP contribution in [0.25, 0.3) is 17.4 Å². The van der Waals surface area contributed by atoms with Crippen LogP contribution in [0.1, 0.15) is 34.8 Å². The van der Waals surface area contributed by atoms with Crippen molar-refractivity contribution in [1.82, 2.24) is 24.5 Å². The van der Waals surface area contributed by atoms with Crippen LogP contribution in [0.3, 0.4) is 0 Å². The molecule has 0 saturated heterocycles. The van der Waals surface area contributed by atoms with Crippen LogP contribution in [0, 0.1) is 11.6 Å². The van der Waals surface area contributed by atoms with Crippen LogP contribution in [0.4, 0.5) is 14.5 Å². The molecule has 5 rings (SSSR count). The summed E-state index contributed by atoms with van der Waals surface area (Å²) in [5, 5.41) is 11.1. The molecule has 9 nitrogen and oxygen atoms in total. The minimum absolute atomic E-state index is 0.103. The molecule has 0 bridgehead atoms. The second kappa shape index (κ2) is 7.52. The van der Waals surface area contributed by atoms with E-state index in [2.05, 4.69) is 20.5 Å². The van der Waals surface area contributed by atoms with Crippen molar-refractivity contribution in [2.75, 3.05) is 5.32 Å². The van der Waals surface area contributed by atoms with Gasteiger partial charge in [0.15, 0.2) is 5.82 Å². The Labute approximate surface area is 179 Å². The molecule has 162 valence electrons. The predicted molar refractivity (Wildman–Crippen MR) is 108 cm³/mol. The minimum Gasteiger partial charge on any atom is -0.386 e. The number of aryl methyl sites for hydroxylation is 1. The van der Waals surface area contributed by atoms with E-state index < -0.39 is 28.9 Å². The van der Waals surface area contributed by atoms with Crippen molar-refractivity contribution < 1.29 is 18.0 Å². The van der Waals surface area contributed by atoms with E-state index in [1.807, 2.05) is 0 Å². The van der Waals surface area contributed by atoms with E-state index in [9.17, 15) is 18.4 Å². The molecule has 0 aliphatic heterocycles. The Morgan fingerprint density at radius 2 is 1.91 bits per heavy atom. The van der Waals surface area contributed by atoms with Gasteiger partial charge in [-0.3, -0.25) is 4.79 Å². The number of anilines is 1. The van der Waals surface area contributed by atoms with E-state index in [1.165, 1.54) is 30.1 Å². The highest BCUT2D eigenvalue weighted by atomic mass is 19.1. The molecular formula is C21H16F2N6O3. The van der Waals surface area contributed by atoms with Gasteiger partial charge >= 0.3 is 5.76 Å². The normalized spacial score (nSPS) is 13.3. The first-order valence-electron chi connectivity index (χ1n) is 9.77. The summed E-state index contributed by atoms with van der Waals surface area (Å²) in [6.45, 7) is 0. The van der Waals surface area contributed by atoms with Gasteiger partial charge in [-0.2, -0.15) is 9.78 Å². The molecule has 1 amide bonds. The predicted octanol–water partition coefficient (Wildman–Crippen LogP) is 3.03. The van der Waals surface area contributed by atoms with Crippen LogP contribution in [0.2, 0.25) is 0 Å². The zero-order valence-corrected chi connectivity index (χ0v) is 16.7. The second-order valence-electron chi connectivity index (χ2n) is 7.39. The molecule has 3 heterocycles. The number of aromatic nitrogens is 5. The van der Waals surface area contributed by atoms with Crippen molar-refractivity contribution >= 4 is 11.6 Å². The van der Waals surface area contributed by atoms with Crippen LogP contribution in [-0.4, -0.2) is 30.5 Å². The fraction of sp³-hybridized carbons (Fsp3) is 0.190. The average Bonchev–Trinajstić information content (AvgIpc) is 3.43. The third-order valence-electron chi connectivity index (χ3n) is 5.04. The molecule has 1 fully saturated rings. The largest absolute Gasteiger partial charge is 0.437 e. The number of pyridine rings is 1. The molecule has 11 heteroatoms. The van der Waals surface area contributed by atoms with Crippen molar-refractivity contribution in [3.8, 4) is 17.4 Å². The molecule has 1 aliphatic rings. The van der Waals surface area contributed by atoms with Crippen molar-refractivity contribution in [3.63, 3.8) is 0 Å². The Bertz CT molecular complexity index is 1370. The third-order valence-corrected chi connectivity index (χ3v) is 5.04. The minimum atomic E-state index is -0.960. The molecule has 0 atom stereocenters. The lowest BCUT2D eigenvalue weighted by molar-refractivity contribution is 0.101.